The van der Waals surface area contributed by atoms with E-state index in [0.29, 0.717) is 35.3 Å². The van der Waals surface area contributed by atoms with E-state index in [0.717, 1.165) is 42.5 Å². The number of fused-ring (bicyclic) bond motifs is 1. The van der Waals surface area contributed by atoms with Crippen molar-refractivity contribution in [2.45, 2.75) is 72.3 Å². The van der Waals surface area contributed by atoms with Gasteiger partial charge in [0.1, 0.15) is 5.00 Å². The molecule has 1 aromatic heterocycles. The quantitative estimate of drug-likeness (QED) is 0.328. The Labute approximate surface area is 244 Å². The van der Waals surface area contributed by atoms with E-state index in [9.17, 15) is 18.0 Å². The topological polar surface area (TPSA) is 102 Å². The summed E-state index contributed by atoms with van der Waals surface area (Å²) in [5, 5.41) is 6.77. The normalized spacial score (nSPS) is 20.4. The van der Waals surface area contributed by atoms with Crippen LogP contribution in [0.4, 0.5) is 5.00 Å². The van der Waals surface area contributed by atoms with Crippen LogP contribution >= 0.6 is 34.5 Å². The number of unbranched alkanes of at least 4 members (excludes halogenated alkanes) is 1. The van der Waals surface area contributed by atoms with Gasteiger partial charge in [-0.05, 0) is 61.1 Å². The van der Waals surface area contributed by atoms with Gasteiger partial charge < -0.3 is 15.4 Å². The first kappa shape index (κ1) is 30.2. The monoisotopic (exact) mass is 614 g/mol. The standard InChI is InChI=1S/C28H36Cl2N2O5S2/c1-5-6-10-37-24-20(29)12-16(13-21(24)30)25(33)32-27-23(26(34)31-18-9-11-39(35,36)15-18)19-8-7-17(28(2,3)4)14-22(19)38-27/h12-13,17-18H,5-11,14-15H2,1-4H3,(H,31,34)(H,32,33). The average Bonchev–Trinajstić information content (AvgIpc) is 3.37. The number of anilines is 1. The minimum Gasteiger partial charge on any atom is -0.490 e. The van der Waals surface area contributed by atoms with Crippen LogP contribution in [0.25, 0.3) is 0 Å². The third-order valence-electron chi connectivity index (χ3n) is 7.52. The van der Waals surface area contributed by atoms with Gasteiger partial charge in [0.25, 0.3) is 11.8 Å². The number of rotatable bonds is 8. The zero-order valence-corrected chi connectivity index (χ0v) is 25.9. The van der Waals surface area contributed by atoms with E-state index >= 15 is 0 Å². The maximum atomic E-state index is 13.5. The molecule has 1 aliphatic carbocycles. The summed E-state index contributed by atoms with van der Waals surface area (Å²) in [5.74, 6) is -0.00782. The van der Waals surface area contributed by atoms with Gasteiger partial charge in [-0.25, -0.2) is 8.42 Å². The Kier molecular flexibility index (Phi) is 9.25. The molecule has 2 atom stereocenters. The summed E-state index contributed by atoms with van der Waals surface area (Å²) in [6, 6.07) is 2.58. The smallest absolute Gasteiger partial charge is 0.256 e. The molecule has 2 aromatic rings. The van der Waals surface area contributed by atoms with Crippen LogP contribution in [-0.2, 0) is 22.7 Å². The molecule has 7 nitrogen and oxygen atoms in total. The number of hydrogen-bond acceptors (Lipinski definition) is 6. The number of ether oxygens (including phenoxy) is 1. The highest BCUT2D eigenvalue weighted by atomic mass is 35.5. The predicted octanol–water partition coefficient (Wildman–Crippen LogP) is 6.55. The lowest BCUT2D eigenvalue weighted by Crippen LogP contribution is -2.36. The molecule has 0 bridgehead atoms. The van der Waals surface area contributed by atoms with Crippen LogP contribution in [0.1, 0.15) is 84.5 Å². The molecule has 4 rings (SSSR count). The molecular weight excluding hydrogens is 579 g/mol. The third kappa shape index (κ3) is 7.10. The fourth-order valence-electron chi connectivity index (χ4n) is 5.14. The Balaban J connectivity index is 1.62. The molecule has 2 heterocycles. The first-order chi connectivity index (χ1) is 18.3. The highest BCUT2D eigenvalue weighted by molar-refractivity contribution is 7.91. The van der Waals surface area contributed by atoms with Crippen molar-refractivity contribution < 1.29 is 22.7 Å². The number of nitrogens with one attached hydrogen (secondary N) is 2. The van der Waals surface area contributed by atoms with E-state index in [1.54, 1.807) is 0 Å². The number of sulfone groups is 1. The summed E-state index contributed by atoms with van der Waals surface area (Å²) in [6.45, 7) is 9.18. The molecule has 2 N–H and O–H groups in total. The molecule has 0 radical (unpaired) electrons. The number of hydrogen-bond donors (Lipinski definition) is 2. The number of amides is 2. The first-order valence-electron chi connectivity index (χ1n) is 13.4. The lowest BCUT2D eigenvalue weighted by Gasteiger charge is -2.33. The van der Waals surface area contributed by atoms with E-state index in [1.807, 2.05) is 0 Å². The highest BCUT2D eigenvalue weighted by Gasteiger charge is 2.36. The van der Waals surface area contributed by atoms with Crippen LogP contribution < -0.4 is 15.4 Å². The fraction of sp³-hybridized carbons (Fsp3) is 0.571. The van der Waals surface area contributed by atoms with E-state index in [4.69, 9.17) is 27.9 Å². The molecule has 2 unspecified atom stereocenters. The van der Waals surface area contributed by atoms with E-state index < -0.39 is 21.8 Å². The number of halogens is 2. The van der Waals surface area contributed by atoms with Gasteiger partial charge in [0.2, 0.25) is 0 Å². The Bertz CT molecular complexity index is 1340. The second kappa shape index (κ2) is 12.0. The highest BCUT2D eigenvalue weighted by Crippen LogP contribution is 2.44. The molecule has 0 saturated carbocycles. The third-order valence-corrected chi connectivity index (χ3v) is 11.0. The zero-order chi connectivity index (χ0) is 28.5. The van der Waals surface area contributed by atoms with E-state index in [1.165, 1.54) is 23.5 Å². The number of carbonyl (C=O) groups excluding carboxylic acids is 2. The largest absolute Gasteiger partial charge is 0.490 e. The molecule has 1 saturated heterocycles. The molecule has 2 aliphatic rings. The van der Waals surface area contributed by atoms with Crippen molar-refractivity contribution in [3.8, 4) is 5.75 Å². The van der Waals surface area contributed by atoms with Crippen molar-refractivity contribution in [3.05, 3.63) is 43.7 Å². The molecule has 0 spiro atoms. The summed E-state index contributed by atoms with van der Waals surface area (Å²) in [7, 11) is -3.15. The van der Waals surface area contributed by atoms with Gasteiger partial charge in [0.05, 0.1) is 33.7 Å². The van der Waals surface area contributed by atoms with Gasteiger partial charge in [-0.3, -0.25) is 9.59 Å². The fourth-order valence-corrected chi connectivity index (χ4v) is 8.73. The van der Waals surface area contributed by atoms with Crippen LogP contribution in [0.15, 0.2) is 12.1 Å². The molecule has 1 fully saturated rings. The Morgan fingerprint density at radius 2 is 1.82 bits per heavy atom. The van der Waals surface area contributed by atoms with Crippen molar-refractivity contribution in [3.63, 3.8) is 0 Å². The summed E-state index contributed by atoms with van der Waals surface area (Å²) >= 11 is 14.2. The SMILES string of the molecule is CCCCOc1c(Cl)cc(C(=O)Nc2sc3c(c2C(=O)NC2CCS(=O)(=O)C2)CCC(C(C)(C)C)C3)cc1Cl. The Morgan fingerprint density at radius 1 is 1.13 bits per heavy atom. The summed E-state index contributed by atoms with van der Waals surface area (Å²) in [6.07, 6.45) is 4.67. The predicted molar refractivity (Wildman–Crippen MR) is 159 cm³/mol. The van der Waals surface area contributed by atoms with Crippen LogP contribution in [0, 0.1) is 11.3 Å². The molecule has 2 amide bonds. The maximum Gasteiger partial charge on any atom is 0.256 e. The molecule has 1 aliphatic heterocycles. The Hall–Kier alpha value is -1.81. The van der Waals surface area contributed by atoms with Gasteiger partial charge in [0.15, 0.2) is 15.6 Å². The zero-order valence-electron chi connectivity index (χ0n) is 22.8. The average molecular weight is 616 g/mol. The summed E-state index contributed by atoms with van der Waals surface area (Å²) < 4.78 is 29.6. The number of benzene rings is 1. The summed E-state index contributed by atoms with van der Waals surface area (Å²) in [5.41, 5.74) is 1.72. The van der Waals surface area contributed by atoms with Crippen molar-refractivity contribution in [1.82, 2.24) is 5.32 Å². The summed E-state index contributed by atoms with van der Waals surface area (Å²) in [4.78, 5) is 28.0. The lowest BCUT2D eigenvalue weighted by atomic mass is 9.72. The van der Waals surface area contributed by atoms with Gasteiger partial charge >= 0.3 is 0 Å². The molecule has 214 valence electrons. The molecule has 1 aromatic carbocycles. The van der Waals surface area contributed by atoms with Crippen molar-refractivity contribution in [2.24, 2.45) is 11.3 Å². The van der Waals surface area contributed by atoms with Crippen LogP contribution in [-0.4, -0.2) is 44.4 Å². The number of thiophene rings is 1. The number of carbonyl (C=O) groups is 2. The first-order valence-corrected chi connectivity index (χ1v) is 16.8. The van der Waals surface area contributed by atoms with E-state index in [2.05, 4.69) is 38.3 Å². The van der Waals surface area contributed by atoms with Gasteiger partial charge in [-0.2, -0.15) is 0 Å². The second-order valence-corrected chi connectivity index (χ2v) is 15.7. The molecular formula is C28H36Cl2N2O5S2. The van der Waals surface area contributed by atoms with Crippen LogP contribution in [0.2, 0.25) is 10.0 Å². The molecule has 39 heavy (non-hydrogen) atoms. The van der Waals surface area contributed by atoms with Gasteiger partial charge in [0, 0.05) is 16.5 Å². The van der Waals surface area contributed by atoms with Crippen molar-refractivity contribution in [1.29, 1.82) is 0 Å². The van der Waals surface area contributed by atoms with Crippen LogP contribution in [0.3, 0.4) is 0 Å². The minimum atomic E-state index is -3.15. The van der Waals surface area contributed by atoms with Gasteiger partial charge in [-0.1, -0.05) is 57.3 Å². The van der Waals surface area contributed by atoms with E-state index in [-0.39, 0.29) is 38.4 Å². The maximum absolute atomic E-state index is 13.5. The minimum absolute atomic E-state index is 0.0657. The second-order valence-electron chi connectivity index (χ2n) is 11.5. The molecule has 11 heteroatoms. The van der Waals surface area contributed by atoms with Crippen LogP contribution in [0.5, 0.6) is 5.75 Å². The Morgan fingerprint density at radius 3 is 2.41 bits per heavy atom. The van der Waals surface area contributed by atoms with Crippen molar-refractivity contribution >= 4 is 61.2 Å². The lowest BCUT2D eigenvalue weighted by molar-refractivity contribution is 0.0941. The van der Waals surface area contributed by atoms with Crippen molar-refractivity contribution in [2.75, 3.05) is 23.4 Å². The van der Waals surface area contributed by atoms with Gasteiger partial charge in [-0.15, -0.1) is 11.3 Å².